The van der Waals surface area contributed by atoms with E-state index in [1.165, 1.54) is 26.5 Å². The Kier molecular flexibility index (Phi) is 6.76. The van der Waals surface area contributed by atoms with E-state index >= 15 is 0 Å². The van der Waals surface area contributed by atoms with Crippen molar-refractivity contribution in [3.05, 3.63) is 85.9 Å². The molecule has 0 spiro atoms. The number of cyclic esters (lactones) is 1. The minimum atomic E-state index is -1.04. The van der Waals surface area contributed by atoms with Gasteiger partial charge in [0.15, 0.2) is 23.0 Å². The van der Waals surface area contributed by atoms with E-state index in [1.807, 2.05) is 0 Å². The van der Waals surface area contributed by atoms with E-state index < -0.39 is 47.0 Å². The van der Waals surface area contributed by atoms with Crippen molar-refractivity contribution in [3.8, 4) is 28.7 Å². The number of hydrogen-bond donors (Lipinski definition) is 1. The van der Waals surface area contributed by atoms with Crippen molar-refractivity contribution in [1.29, 1.82) is 0 Å². The van der Waals surface area contributed by atoms with E-state index in [1.54, 1.807) is 28.8 Å². The molecule has 8 rings (SSSR count). The Hall–Kier alpha value is -4.97. The highest BCUT2D eigenvalue weighted by molar-refractivity contribution is 6.31. The number of pyridine rings is 1. The van der Waals surface area contributed by atoms with Crippen molar-refractivity contribution < 1.29 is 47.5 Å². The first-order chi connectivity index (χ1) is 22.7. The Morgan fingerprint density at radius 3 is 2.32 bits per heavy atom. The van der Waals surface area contributed by atoms with Gasteiger partial charge >= 0.3 is 11.9 Å². The molecular weight excluding hydrogens is 637 g/mol. The lowest BCUT2D eigenvalue weighted by molar-refractivity contribution is -0.141. The van der Waals surface area contributed by atoms with Crippen LogP contribution in [0.3, 0.4) is 0 Å². The van der Waals surface area contributed by atoms with Gasteiger partial charge in [0.1, 0.15) is 17.5 Å². The summed E-state index contributed by atoms with van der Waals surface area (Å²) in [5.74, 6) is -3.45. The maximum Gasteiger partial charge on any atom is 0.344 e. The molecule has 4 atom stereocenters. The molecule has 3 aromatic carbocycles. The standard InChI is InChI=1S/C34H27ClFNO10/c1-42-26-5-14(6-27(43-2)31(26)39)28-16-8-24-25(46-13-45-24)9-17(16)32(20-12-44-34(41)29(20)28)47-33(40)19-11-37(15-3-4-15)23-10-21(35)22(36)7-18(23)30(19)38/h5-11,15,20,28-29,32,39H,3-4,12-13H2,1-2H3/t20-,28+,29-,32+/m0/s1. The predicted octanol–water partition coefficient (Wildman–Crippen LogP) is 5.41. The molecule has 0 radical (unpaired) electrons. The van der Waals surface area contributed by atoms with Gasteiger partial charge < -0.3 is 38.1 Å². The summed E-state index contributed by atoms with van der Waals surface area (Å²) < 4.78 is 50.2. The molecule has 4 aromatic rings. The van der Waals surface area contributed by atoms with E-state index in [0.717, 1.165) is 18.9 Å². The van der Waals surface area contributed by atoms with Gasteiger partial charge in [-0.1, -0.05) is 11.6 Å². The van der Waals surface area contributed by atoms with Crippen molar-refractivity contribution in [2.45, 2.75) is 30.9 Å². The van der Waals surface area contributed by atoms with E-state index in [9.17, 15) is 23.9 Å². The molecule has 242 valence electrons. The molecule has 0 amide bonds. The van der Waals surface area contributed by atoms with E-state index in [4.69, 9.17) is 40.0 Å². The van der Waals surface area contributed by atoms with E-state index in [2.05, 4.69) is 0 Å². The van der Waals surface area contributed by atoms with Gasteiger partial charge in [-0.15, -0.1) is 0 Å². The number of aromatic nitrogens is 1. The number of ether oxygens (including phenoxy) is 6. The summed E-state index contributed by atoms with van der Waals surface area (Å²) in [6, 6.07) is 9.12. The molecule has 11 nitrogen and oxygen atoms in total. The number of benzene rings is 3. The molecule has 47 heavy (non-hydrogen) atoms. The van der Waals surface area contributed by atoms with Crippen molar-refractivity contribution >= 4 is 34.4 Å². The number of methoxy groups -OCH3 is 2. The first kappa shape index (κ1) is 29.4. The molecule has 1 N–H and O–H groups in total. The van der Waals surface area contributed by atoms with Crippen LogP contribution in [0.4, 0.5) is 4.39 Å². The van der Waals surface area contributed by atoms with Crippen LogP contribution >= 0.6 is 11.6 Å². The Bertz CT molecular complexity index is 2050. The van der Waals surface area contributed by atoms with Gasteiger partial charge in [-0.05, 0) is 60.4 Å². The highest BCUT2D eigenvalue weighted by Gasteiger charge is 2.54. The molecule has 1 saturated heterocycles. The van der Waals surface area contributed by atoms with Crippen LogP contribution in [0.15, 0.2) is 47.4 Å². The third-order valence-electron chi connectivity index (χ3n) is 9.45. The monoisotopic (exact) mass is 663 g/mol. The highest BCUT2D eigenvalue weighted by Crippen LogP contribution is 2.56. The van der Waals surface area contributed by atoms with Crippen LogP contribution in [0.5, 0.6) is 28.7 Å². The van der Waals surface area contributed by atoms with Crippen molar-refractivity contribution in [2.24, 2.45) is 11.8 Å². The average molecular weight is 664 g/mol. The molecule has 2 fully saturated rings. The Labute approximate surface area is 271 Å². The third-order valence-corrected chi connectivity index (χ3v) is 9.74. The number of carbonyl (C=O) groups is 2. The lowest BCUT2D eigenvalue weighted by Crippen LogP contribution is -2.37. The zero-order chi connectivity index (χ0) is 32.7. The van der Waals surface area contributed by atoms with Crippen molar-refractivity contribution in [1.82, 2.24) is 4.57 Å². The number of halogens is 2. The Balaban J connectivity index is 1.27. The summed E-state index contributed by atoms with van der Waals surface area (Å²) in [5, 5.41) is 10.5. The molecular formula is C34H27ClFNO10. The molecule has 1 aromatic heterocycles. The quantitative estimate of drug-likeness (QED) is 0.267. The van der Waals surface area contributed by atoms with Crippen LogP contribution in [0.1, 0.15) is 58.0 Å². The van der Waals surface area contributed by atoms with Crippen LogP contribution in [0, 0.1) is 17.7 Å². The maximum absolute atomic E-state index is 14.5. The zero-order valence-electron chi connectivity index (χ0n) is 25.1. The largest absolute Gasteiger partial charge is 0.502 e. The number of phenolic OH excluding ortho intramolecular Hbond substituents is 1. The fourth-order valence-corrected chi connectivity index (χ4v) is 7.24. The second-order valence-electron chi connectivity index (χ2n) is 12.0. The molecule has 0 unspecified atom stereocenters. The summed E-state index contributed by atoms with van der Waals surface area (Å²) >= 11 is 6.05. The summed E-state index contributed by atoms with van der Waals surface area (Å²) in [7, 11) is 2.81. The molecule has 0 bridgehead atoms. The SMILES string of the molecule is COc1cc([C@@H]2c3cc4c(cc3[C@@H](OC(=O)c3cn(C5CC5)c5cc(Cl)c(F)cc5c3=O)[C@H]3COC(=O)[C@H]23)OCO4)cc(OC)c1O. The predicted molar refractivity (Wildman–Crippen MR) is 163 cm³/mol. The smallest absolute Gasteiger partial charge is 0.344 e. The summed E-state index contributed by atoms with van der Waals surface area (Å²) in [4.78, 5) is 41.1. The zero-order valence-corrected chi connectivity index (χ0v) is 25.8. The first-order valence-electron chi connectivity index (χ1n) is 15.0. The molecule has 3 heterocycles. The van der Waals surface area contributed by atoms with Gasteiger partial charge in [-0.3, -0.25) is 9.59 Å². The number of esters is 2. The summed E-state index contributed by atoms with van der Waals surface area (Å²) in [6.45, 7) is -0.0899. The van der Waals surface area contributed by atoms with Gasteiger partial charge in [0.2, 0.25) is 18.0 Å². The normalized spacial score (nSPS) is 22.4. The fraction of sp³-hybridized carbons (Fsp3) is 0.324. The summed E-state index contributed by atoms with van der Waals surface area (Å²) in [6.07, 6.45) is 2.05. The van der Waals surface area contributed by atoms with Crippen molar-refractivity contribution in [2.75, 3.05) is 27.6 Å². The fourth-order valence-electron chi connectivity index (χ4n) is 7.08. The minimum absolute atomic E-state index is 0.00760. The first-order valence-corrected chi connectivity index (χ1v) is 15.4. The molecule has 1 saturated carbocycles. The Morgan fingerprint density at radius 1 is 0.979 bits per heavy atom. The van der Waals surface area contributed by atoms with Gasteiger partial charge in [-0.2, -0.15) is 0 Å². The van der Waals surface area contributed by atoms with Gasteiger partial charge in [0.05, 0.1) is 37.3 Å². The number of fused-ring (bicyclic) bond motifs is 4. The number of carbonyl (C=O) groups excluding carboxylic acids is 2. The van der Waals surface area contributed by atoms with Crippen molar-refractivity contribution in [3.63, 3.8) is 0 Å². The summed E-state index contributed by atoms with van der Waals surface area (Å²) in [5.41, 5.74) is 1.15. The second kappa shape index (κ2) is 10.8. The lowest BCUT2D eigenvalue weighted by Gasteiger charge is -2.38. The number of phenols is 1. The van der Waals surface area contributed by atoms with Crippen LogP contribution in [0.2, 0.25) is 5.02 Å². The lowest BCUT2D eigenvalue weighted by atomic mass is 9.66. The van der Waals surface area contributed by atoms with Gasteiger partial charge in [0, 0.05) is 35.0 Å². The van der Waals surface area contributed by atoms with Gasteiger partial charge in [-0.25, -0.2) is 9.18 Å². The topological polar surface area (TPSA) is 132 Å². The van der Waals surface area contributed by atoms with Crippen LogP contribution in [-0.2, 0) is 14.3 Å². The van der Waals surface area contributed by atoms with Crippen LogP contribution in [-0.4, -0.2) is 49.2 Å². The van der Waals surface area contributed by atoms with E-state index in [-0.39, 0.29) is 52.7 Å². The van der Waals surface area contributed by atoms with E-state index in [0.29, 0.717) is 33.7 Å². The maximum atomic E-state index is 14.5. The minimum Gasteiger partial charge on any atom is -0.502 e. The average Bonchev–Trinajstić information content (AvgIpc) is 3.68. The van der Waals surface area contributed by atoms with Crippen LogP contribution in [0.25, 0.3) is 10.9 Å². The molecule has 13 heteroatoms. The van der Waals surface area contributed by atoms with Gasteiger partial charge in [0.25, 0.3) is 0 Å². The Morgan fingerprint density at radius 2 is 1.66 bits per heavy atom. The number of rotatable bonds is 6. The number of hydrogen-bond acceptors (Lipinski definition) is 10. The third kappa shape index (κ3) is 4.56. The second-order valence-corrected chi connectivity index (χ2v) is 12.4. The molecule has 2 aliphatic carbocycles. The highest BCUT2D eigenvalue weighted by atomic mass is 35.5. The van der Waals surface area contributed by atoms with Crippen LogP contribution < -0.4 is 24.4 Å². The number of aromatic hydroxyl groups is 1. The molecule has 4 aliphatic rings. The molecule has 2 aliphatic heterocycles. The number of nitrogens with zero attached hydrogens (tertiary/aromatic N) is 1.